The first-order chi connectivity index (χ1) is 6.83. The van der Waals surface area contributed by atoms with Gasteiger partial charge in [-0.25, -0.2) is 4.68 Å². The van der Waals surface area contributed by atoms with Crippen LogP contribution in [0, 0.1) is 0 Å². The molecule has 0 amide bonds. The van der Waals surface area contributed by atoms with Crippen LogP contribution >= 0.6 is 0 Å². The van der Waals surface area contributed by atoms with Crippen molar-refractivity contribution in [3.05, 3.63) is 6.20 Å². The molecule has 0 bridgehead atoms. The summed E-state index contributed by atoms with van der Waals surface area (Å²) in [5.41, 5.74) is 0. The first kappa shape index (κ1) is 9.45. The molecule has 5 heteroatoms. The molecule has 0 aromatic carbocycles. The lowest BCUT2D eigenvalue weighted by molar-refractivity contribution is 0.0327. The van der Waals surface area contributed by atoms with E-state index < -0.39 is 0 Å². The van der Waals surface area contributed by atoms with E-state index in [2.05, 4.69) is 22.6 Å². The van der Waals surface area contributed by atoms with E-state index in [1.807, 2.05) is 4.68 Å². The second kappa shape index (κ2) is 3.96. The van der Waals surface area contributed by atoms with Crippen LogP contribution < -0.4 is 5.32 Å². The molecule has 14 heavy (non-hydrogen) atoms. The number of rotatable bonds is 4. The molecule has 5 nitrogen and oxygen atoms in total. The topological polar surface area (TPSA) is 52.0 Å². The lowest BCUT2D eigenvalue weighted by Crippen LogP contribution is -2.40. The van der Waals surface area contributed by atoms with Crippen molar-refractivity contribution in [2.24, 2.45) is 0 Å². The average molecular weight is 196 g/mol. The fraction of sp³-hybridized carbons (Fsp3) is 0.778. The van der Waals surface area contributed by atoms with Gasteiger partial charge in [0.2, 0.25) is 0 Å². The number of anilines is 1. The van der Waals surface area contributed by atoms with Crippen LogP contribution in [0.4, 0.5) is 5.82 Å². The Bertz CT molecular complexity index is 293. The molecule has 0 saturated heterocycles. The van der Waals surface area contributed by atoms with Crippen LogP contribution in [0.2, 0.25) is 0 Å². The van der Waals surface area contributed by atoms with Crippen molar-refractivity contribution < 1.29 is 4.74 Å². The fourth-order valence-electron chi connectivity index (χ4n) is 1.69. The average Bonchev–Trinajstić information content (AvgIpc) is 2.57. The molecule has 2 rings (SSSR count). The number of aryl methyl sites for hydroxylation is 1. The van der Waals surface area contributed by atoms with Gasteiger partial charge in [-0.05, 0) is 19.8 Å². The zero-order chi connectivity index (χ0) is 9.97. The number of nitrogens with zero attached hydrogens (tertiary/aromatic N) is 3. The van der Waals surface area contributed by atoms with Crippen molar-refractivity contribution in [1.29, 1.82) is 0 Å². The van der Waals surface area contributed by atoms with Crippen LogP contribution in [-0.2, 0) is 11.3 Å². The molecule has 1 aromatic heterocycles. The largest absolute Gasteiger partial charge is 0.381 e. The van der Waals surface area contributed by atoms with Gasteiger partial charge in [0.15, 0.2) is 0 Å². The van der Waals surface area contributed by atoms with E-state index in [-0.39, 0.29) is 0 Å². The molecule has 0 radical (unpaired) electrons. The Hall–Kier alpha value is -1.10. The molecular formula is C9H16N4O. The van der Waals surface area contributed by atoms with Gasteiger partial charge < -0.3 is 10.1 Å². The van der Waals surface area contributed by atoms with Gasteiger partial charge in [0.05, 0.1) is 12.3 Å². The van der Waals surface area contributed by atoms with Gasteiger partial charge in [-0.1, -0.05) is 5.21 Å². The quantitative estimate of drug-likeness (QED) is 0.777. The van der Waals surface area contributed by atoms with Gasteiger partial charge in [-0.3, -0.25) is 0 Å². The van der Waals surface area contributed by atoms with E-state index >= 15 is 0 Å². The minimum atomic E-state index is 0.429. The number of aromatic nitrogens is 3. The molecule has 0 unspecified atom stereocenters. The number of nitrogens with one attached hydrogen (secondary N) is 1. The SMILES string of the molecule is CCn1nncc1NC1CC(OC)C1. The monoisotopic (exact) mass is 196 g/mol. The minimum absolute atomic E-state index is 0.429. The van der Waals surface area contributed by atoms with Crippen molar-refractivity contribution in [3.63, 3.8) is 0 Å². The third-order valence-electron chi connectivity index (χ3n) is 2.70. The number of ether oxygens (including phenoxy) is 1. The van der Waals surface area contributed by atoms with Gasteiger partial charge in [-0.15, -0.1) is 5.10 Å². The molecule has 1 fully saturated rings. The standard InChI is InChI=1S/C9H16N4O/c1-3-13-9(6-10-12-13)11-7-4-8(5-7)14-2/h6-8,11H,3-5H2,1-2H3. The van der Waals surface area contributed by atoms with Crippen molar-refractivity contribution in [1.82, 2.24) is 15.0 Å². The van der Waals surface area contributed by atoms with E-state index in [0.29, 0.717) is 12.1 Å². The molecule has 0 aliphatic heterocycles. The van der Waals surface area contributed by atoms with E-state index in [1.165, 1.54) is 0 Å². The maximum atomic E-state index is 5.21. The predicted octanol–water partition coefficient (Wildman–Crippen LogP) is 0.887. The second-order valence-corrected chi connectivity index (χ2v) is 3.61. The van der Waals surface area contributed by atoms with Crippen LogP contribution in [0.25, 0.3) is 0 Å². The number of hydrogen-bond donors (Lipinski definition) is 1. The number of methoxy groups -OCH3 is 1. The molecule has 1 aliphatic carbocycles. The van der Waals surface area contributed by atoms with E-state index in [9.17, 15) is 0 Å². The summed E-state index contributed by atoms with van der Waals surface area (Å²) >= 11 is 0. The Labute approximate surface area is 83.4 Å². The highest BCUT2D eigenvalue weighted by molar-refractivity contribution is 5.33. The molecule has 0 atom stereocenters. The lowest BCUT2D eigenvalue weighted by Gasteiger charge is -2.34. The smallest absolute Gasteiger partial charge is 0.145 e. The van der Waals surface area contributed by atoms with Gasteiger partial charge in [0, 0.05) is 19.7 Å². The summed E-state index contributed by atoms with van der Waals surface area (Å²) in [5.74, 6) is 1.01. The maximum Gasteiger partial charge on any atom is 0.145 e. The Balaban J connectivity index is 1.86. The highest BCUT2D eigenvalue weighted by Gasteiger charge is 2.29. The molecular weight excluding hydrogens is 180 g/mol. The van der Waals surface area contributed by atoms with Crippen LogP contribution in [0.15, 0.2) is 6.20 Å². The van der Waals surface area contributed by atoms with Gasteiger partial charge in [-0.2, -0.15) is 0 Å². The van der Waals surface area contributed by atoms with Crippen molar-refractivity contribution in [3.8, 4) is 0 Å². The summed E-state index contributed by atoms with van der Waals surface area (Å²) in [4.78, 5) is 0. The lowest BCUT2D eigenvalue weighted by atomic mass is 9.89. The van der Waals surface area contributed by atoms with E-state index in [4.69, 9.17) is 4.74 Å². The Morgan fingerprint density at radius 2 is 2.43 bits per heavy atom. The highest BCUT2D eigenvalue weighted by Crippen LogP contribution is 2.25. The van der Waals surface area contributed by atoms with Crippen LogP contribution in [0.1, 0.15) is 19.8 Å². The van der Waals surface area contributed by atoms with E-state index in [1.54, 1.807) is 13.3 Å². The zero-order valence-corrected chi connectivity index (χ0v) is 8.60. The summed E-state index contributed by atoms with van der Waals surface area (Å²) < 4.78 is 7.08. The zero-order valence-electron chi connectivity index (χ0n) is 8.60. The Kier molecular flexibility index (Phi) is 2.67. The minimum Gasteiger partial charge on any atom is -0.381 e. The predicted molar refractivity (Wildman–Crippen MR) is 53.1 cm³/mol. The third-order valence-corrected chi connectivity index (χ3v) is 2.70. The molecule has 1 heterocycles. The van der Waals surface area contributed by atoms with Crippen LogP contribution in [0.3, 0.4) is 0 Å². The van der Waals surface area contributed by atoms with Crippen molar-refractivity contribution in [2.75, 3.05) is 12.4 Å². The number of hydrogen-bond acceptors (Lipinski definition) is 4. The Morgan fingerprint density at radius 1 is 1.64 bits per heavy atom. The molecule has 1 aliphatic rings. The summed E-state index contributed by atoms with van der Waals surface area (Å²) in [7, 11) is 1.76. The van der Waals surface area contributed by atoms with Crippen LogP contribution in [0.5, 0.6) is 0 Å². The summed E-state index contributed by atoms with van der Waals surface area (Å²) in [6.07, 6.45) is 4.35. The normalized spacial score (nSPS) is 25.9. The summed E-state index contributed by atoms with van der Waals surface area (Å²) in [6.45, 7) is 2.90. The van der Waals surface area contributed by atoms with Crippen molar-refractivity contribution in [2.45, 2.75) is 38.5 Å². The Morgan fingerprint density at radius 3 is 3.07 bits per heavy atom. The fourth-order valence-corrected chi connectivity index (χ4v) is 1.69. The van der Waals surface area contributed by atoms with E-state index in [0.717, 1.165) is 25.2 Å². The maximum absolute atomic E-state index is 5.21. The summed E-state index contributed by atoms with van der Waals surface area (Å²) in [6, 6.07) is 0.517. The molecule has 1 N–H and O–H groups in total. The molecule has 1 saturated carbocycles. The highest BCUT2D eigenvalue weighted by atomic mass is 16.5. The van der Waals surface area contributed by atoms with Gasteiger partial charge in [0.25, 0.3) is 0 Å². The molecule has 0 spiro atoms. The van der Waals surface area contributed by atoms with Crippen LogP contribution in [-0.4, -0.2) is 34.2 Å². The van der Waals surface area contributed by atoms with Crippen molar-refractivity contribution >= 4 is 5.82 Å². The third kappa shape index (κ3) is 1.72. The first-order valence-corrected chi connectivity index (χ1v) is 5.01. The molecule has 1 aromatic rings. The van der Waals surface area contributed by atoms with Gasteiger partial charge in [0.1, 0.15) is 5.82 Å². The second-order valence-electron chi connectivity index (χ2n) is 3.61. The molecule has 78 valence electrons. The van der Waals surface area contributed by atoms with Gasteiger partial charge >= 0.3 is 0 Å². The summed E-state index contributed by atoms with van der Waals surface area (Å²) in [5, 5.41) is 11.2. The first-order valence-electron chi connectivity index (χ1n) is 5.01.